The van der Waals surface area contributed by atoms with Gasteiger partial charge in [0.1, 0.15) is 11.4 Å². The molecule has 0 bridgehead atoms. The predicted octanol–water partition coefficient (Wildman–Crippen LogP) is 3.32. The third kappa shape index (κ3) is 5.99. The van der Waals surface area contributed by atoms with Gasteiger partial charge in [-0.2, -0.15) is 0 Å². The van der Waals surface area contributed by atoms with Crippen LogP contribution in [0.5, 0.6) is 0 Å². The number of nitro groups is 1. The molecule has 0 aliphatic carbocycles. The van der Waals surface area contributed by atoms with Crippen molar-refractivity contribution in [2.75, 3.05) is 19.7 Å². The first-order valence-electron chi connectivity index (χ1n) is 9.70. The Morgan fingerprint density at radius 3 is 2.74 bits per heavy atom. The normalized spacial score (nSPS) is 15.5. The summed E-state index contributed by atoms with van der Waals surface area (Å²) in [7, 11) is 0. The molecule has 2 aromatic carbocycles. The van der Waals surface area contributed by atoms with Crippen molar-refractivity contribution in [3.63, 3.8) is 0 Å². The topological polar surface area (TPSA) is 102 Å². The van der Waals surface area contributed by atoms with Crippen LogP contribution < -0.4 is 5.32 Å². The number of rotatable bonds is 8. The first-order valence-corrected chi connectivity index (χ1v) is 10.1. The molecule has 31 heavy (non-hydrogen) atoms. The van der Waals surface area contributed by atoms with Crippen LogP contribution in [-0.2, 0) is 16.1 Å². The average molecular weight is 450 g/mol. The Labute approximate surface area is 183 Å². The maximum Gasteiger partial charge on any atom is 0.283 e. The van der Waals surface area contributed by atoms with Crippen molar-refractivity contribution in [1.29, 1.82) is 0 Å². The van der Waals surface area contributed by atoms with E-state index < -0.39 is 34.8 Å². The lowest BCUT2D eigenvalue weighted by Gasteiger charge is -2.26. The smallest absolute Gasteiger partial charge is 0.283 e. The molecule has 0 spiro atoms. The summed E-state index contributed by atoms with van der Waals surface area (Å²) in [6.45, 7) is 0.638. The van der Waals surface area contributed by atoms with Crippen LogP contribution in [0.15, 0.2) is 42.5 Å². The quantitative estimate of drug-likeness (QED) is 0.492. The minimum absolute atomic E-state index is 0.0879. The van der Waals surface area contributed by atoms with Crippen LogP contribution in [0.1, 0.15) is 28.8 Å². The van der Waals surface area contributed by atoms with E-state index >= 15 is 0 Å². The Balaban J connectivity index is 1.71. The van der Waals surface area contributed by atoms with Gasteiger partial charge in [0, 0.05) is 25.8 Å². The third-order valence-electron chi connectivity index (χ3n) is 4.88. The molecule has 0 saturated carbocycles. The molecule has 8 nitrogen and oxygen atoms in total. The highest BCUT2D eigenvalue weighted by molar-refractivity contribution is 6.34. The summed E-state index contributed by atoms with van der Waals surface area (Å²) in [5.41, 5.74) is -0.161. The molecule has 0 aromatic heterocycles. The number of nitrogens with zero attached hydrogens (tertiary/aromatic N) is 2. The summed E-state index contributed by atoms with van der Waals surface area (Å²) in [6, 6.07) is 9.79. The maximum atomic E-state index is 13.6. The van der Waals surface area contributed by atoms with Gasteiger partial charge >= 0.3 is 0 Å². The molecule has 1 aliphatic rings. The molecule has 2 aromatic rings. The first kappa shape index (κ1) is 22.6. The number of halogens is 2. The lowest BCUT2D eigenvalue weighted by Crippen LogP contribution is -2.43. The van der Waals surface area contributed by atoms with E-state index in [1.807, 2.05) is 0 Å². The van der Waals surface area contributed by atoms with Crippen molar-refractivity contribution in [1.82, 2.24) is 10.2 Å². The Hall–Kier alpha value is -3.04. The number of hydrogen-bond donors (Lipinski definition) is 1. The fraction of sp³-hybridized carbons (Fsp3) is 0.333. The van der Waals surface area contributed by atoms with E-state index in [1.54, 1.807) is 12.1 Å². The second-order valence-corrected chi connectivity index (χ2v) is 7.52. The van der Waals surface area contributed by atoms with Crippen LogP contribution in [0.2, 0.25) is 5.02 Å². The van der Waals surface area contributed by atoms with E-state index in [1.165, 1.54) is 29.2 Å². The van der Waals surface area contributed by atoms with Crippen molar-refractivity contribution in [2.24, 2.45) is 0 Å². The third-order valence-corrected chi connectivity index (χ3v) is 5.19. The molecule has 2 amide bonds. The van der Waals surface area contributed by atoms with E-state index in [9.17, 15) is 24.1 Å². The summed E-state index contributed by atoms with van der Waals surface area (Å²) >= 11 is 5.97. The van der Waals surface area contributed by atoms with E-state index in [0.29, 0.717) is 12.2 Å². The molecule has 1 heterocycles. The highest BCUT2D eigenvalue weighted by atomic mass is 35.5. The highest BCUT2D eigenvalue weighted by Gasteiger charge is 2.26. The second kappa shape index (κ2) is 10.3. The van der Waals surface area contributed by atoms with Gasteiger partial charge in [-0.05, 0) is 36.6 Å². The summed E-state index contributed by atoms with van der Waals surface area (Å²) in [6.07, 6.45) is 1.54. The lowest BCUT2D eigenvalue weighted by atomic mass is 10.1. The van der Waals surface area contributed by atoms with Gasteiger partial charge in [0.15, 0.2) is 0 Å². The molecule has 1 unspecified atom stereocenters. The van der Waals surface area contributed by atoms with Crippen LogP contribution in [0.3, 0.4) is 0 Å². The Bertz CT molecular complexity index is 981. The zero-order valence-corrected chi connectivity index (χ0v) is 17.3. The van der Waals surface area contributed by atoms with Gasteiger partial charge in [-0.15, -0.1) is 0 Å². The number of hydrogen-bond acceptors (Lipinski definition) is 5. The summed E-state index contributed by atoms with van der Waals surface area (Å²) < 4.78 is 19.2. The van der Waals surface area contributed by atoms with Crippen LogP contribution in [0.25, 0.3) is 0 Å². The Morgan fingerprint density at radius 2 is 2.06 bits per heavy atom. The number of ether oxygens (including phenoxy) is 1. The molecule has 1 N–H and O–H groups in total. The van der Waals surface area contributed by atoms with Crippen LogP contribution in [-0.4, -0.2) is 47.4 Å². The van der Waals surface area contributed by atoms with Crippen LogP contribution >= 0.6 is 11.6 Å². The molecule has 1 fully saturated rings. The van der Waals surface area contributed by atoms with E-state index in [0.717, 1.165) is 18.9 Å². The van der Waals surface area contributed by atoms with Gasteiger partial charge in [0.2, 0.25) is 5.91 Å². The van der Waals surface area contributed by atoms with Crippen molar-refractivity contribution in [3.8, 4) is 0 Å². The number of nitro benzene ring substituents is 1. The second-order valence-electron chi connectivity index (χ2n) is 7.11. The summed E-state index contributed by atoms with van der Waals surface area (Å²) in [4.78, 5) is 37.3. The molecule has 1 atom stereocenters. The summed E-state index contributed by atoms with van der Waals surface area (Å²) in [5, 5.41) is 13.5. The van der Waals surface area contributed by atoms with Gasteiger partial charge in [-0.1, -0.05) is 29.8 Å². The fourth-order valence-corrected chi connectivity index (χ4v) is 3.65. The van der Waals surface area contributed by atoms with Crippen molar-refractivity contribution < 1.29 is 23.6 Å². The number of carbonyl (C=O) groups is 2. The molecule has 1 aliphatic heterocycles. The van der Waals surface area contributed by atoms with Crippen molar-refractivity contribution >= 4 is 29.1 Å². The average Bonchev–Trinajstić information content (AvgIpc) is 3.24. The monoisotopic (exact) mass is 449 g/mol. The highest BCUT2D eigenvalue weighted by Crippen LogP contribution is 2.26. The van der Waals surface area contributed by atoms with Gasteiger partial charge in [0.05, 0.1) is 22.6 Å². The molecule has 10 heteroatoms. The van der Waals surface area contributed by atoms with E-state index in [4.69, 9.17) is 16.3 Å². The zero-order valence-electron chi connectivity index (χ0n) is 16.6. The SMILES string of the molecule is O=C(NCC(=O)N(Cc1cccc(F)c1)CC1CCCO1)c1c(Cl)cccc1[N+](=O)[O-]. The standard InChI is InChI=1S/C21H21ClFN3O5/c22-17-7-2-8-18(26(29)30)20(17)21(28)24-11-19(27)25(13-16-6-3-9-31-16)12-14-4-1-5-15(23)10-14/h1-2,4-5,7-8,10,16H,3,6,9,11-13H2,(H,24,28). The number of carbonyl (C=O) groups excluding carboxylic acids is 2. The minimum Gasteiger partial charge on any atom is -0.376 e. The summed E-state index contributed by atoms with van der Waals surface area (Å²) in [5.74, 6) is -1.67. The maximum absolute atomic E-state index is 13.6. The molecular weight excluding hydrogens is 429 g/mol. The Morgan fingerprint density at radius 1 is 1.29 bits per heavy atom. The van der Waals surface area contributed by atoms with Crippen LogP contribution in [0.4, 0.5) is 10.1 Å². The van der Waals surface area contributed by atoms with Crippen LogP contribution in [0, 0.1) is 15.9 Å². The number of amides is 2. The number of nitrogens with one attached hydrogen (secondary N) is 1. The van der Waals surface area contributed by atoms with E-state index in [-0.39, 0.29) is 29.8 Å². The van der Waals surface area contributed by atoms with Gasteiger partial charge in [-0.3, -0.25) is 19.7 Å². The number of benzene rings is 2. The van der Waals surface area contributed by atoms with Gasteiger partial charge in [0.25, 0.3) is 11.6 Å². The molecule has 164 valence electrons. The fourth-order valence-electron chi connectivity index (χ4n) is 3.39. The van der Waals surface area contributed by atoms with Gasteiger partial charge < -0.3 is 15.0 Å². The van der Waals surface area contributed by atoms with Crippen molar-refractivity contribution in [3.05, 3.63) is 74.5 Å². The van der Waals surface area contributed by atoms with E-state index in [2.05, 4.69) is 5.32 Å². The molecular formula is C21H21ClFN3O5. The minimum atomic E-state index is -0.825. The van der Waals surface area contributed by atoms with Crippen molar-refractivity contribution in [2.45, 2.75) is 25.5 Å². The molecule has 1 saturated heterocycles. The zero-order chi connectivity index (χ0) is 22.4. The predicted molar refractivity (Wildman–Crippen MR) is 111 cm³/mol. The molecule has 3 rings (SSSR count). The molecule has 0 radical (unpaired) electrons. The van der Waals surface area contributed by atoms with Gasteiger partial charge in [-0.25, -0.2) is 4.39 Å². The first-order chi connectivity index (χ1) is 14.8. The largest absolute Gasteiger partial charge is 0.376 e. The lowest BCUT2D eigenvalue weighted by molar-refractivity contribution is -0.385. The Kier molecular flexibility index (Phi) is 7.54.